The van der Waals surface area contributed by atoms with Crippen LogP contribution in [0.3, 0.4) is 0 Å². The number of rotatable bonds is 7. The summed E-state index contributed by atoms with van der Waals surface area (Å²) in [5.41, 5.74) is 8.84. The normalized spacial score (nSPS) is 11.3. The largest absolute Gasteiger partial charge is 0.329 e. The van der Waals surface area contributed by atoms with E-state index in [0.29, 0.717) is 5.84 Å². The molecule has 0 saturated carbocycles. The zero-order chi connectivity index (χ0) is 27.5. The molecule has 1 heterocycles. The number of benzene rings is 5. The first kappa shape index (κ1) is 25.1. The maximum Gasteiger partial charge on any atom is 0.124 e. The van der Waals surface area contributed by atoms with E-state index >= 15 is 0 Å². The Morgan fingerprint density at radius 1 is 0.725 bits per heavy atom. The molecule has 0 atom stereocenters. The van der Waals surface area contributed by atoms with Gasteiger partial charge in [-0.15, -0.1) is 0 Å². The molecule has 0 aliphatic carbocycles. The van der Waals surface area contributed by atoms with Gasteiger partial charge in [0.25, 0.3) is 0 Å². The fourth-order valence-corrected chi connectivity index (χ4v) is 5.36. The number of nitrogens with one attached hydrogen (secondary N) is 1. The molecule has 0 fully saturated rings. The zero-order valence-electron chi connectivity index (χ0n) is 22.6. The molecular weight excluding hydrogens is 486 g/mol. The second-order valence-electron chi connectivity index (χ2n) is 10.0. The van der Waals surface area contributed by atoms with Crippen LogP contribution >= 0.6 is 0 Å². The molecule has 3 heteroatoms. The molecule has 0 spiro atoms. The number of likely N-dealkylation sites (N-methyl/N-ethyl adjacent to an activating group) is 1. The van der Waals surface area contributed by atoms with Crippen LogP contribution in [0.1, 0.15) is 5.56 Å². The highest BCUT2D eigenvalue weighted by Crippen LogP contribution is 2.37. The molecule has 0 amide bonds. The molecule has 6 rings (SSSR count). The first-order chi connectivity index (χ1) is 19.6. The van der Waals surface area contributed by atoms with Crippen LogP contribution in [0.2, 0.25) is 0 Å². The lowest BCUT2D eigenvalue weighted by Crippen LogP contribution is -2.24. The minimum absolute atomic E-state index is 0.404. The molecule has 40 heavy (non-hydrogen) atoms. The van der Waals surface area contributed by atoms with Gasteiger partial charge in [0.15, 0.2) is 0 Å². The van der Waals surface area contributed by atoms with E-state index in [2.05, 4.69) is 114 Å². The quantitative estimate of drug-likeness (QED) is 0.128. The van der Waals surface area contributed by atoms with Crippen molar-refractivity contribution in [1.29, 1.82) is 5.41 Å². The van der Waals surface area contributed by atoms with E-state index in [1.54, 1.807) is 0 Å². The lowest BCUT2D eigenvalue weighted by atomic mass is 10.0. The van der Waals surface area contributed by atoms with Crippen LogP contribution in [0, 0.1) is 5.41 Å². The average Bonchev–Trinajstić information content (AvgIpc) is 3.34. The molecule has 6 aromatic rings. The number of aromatic nitrogens is 1. The fourth-order valence-electron chi connectivity index (χ4n) is 5.36. The Morgan fingerprint density at radius 3 is 2.17 bits per heavy atom. The van der Waals surface area contributed by atoms with Crippen molar-refractivity contribution >= 4 is 33.3 Å². The minimum atomic E-state index is 0.404. The summed E-state index contributed by atoms with van der Waals surface area (Å²) in [5.74, 6) is 0.404. The number of hydrogen-bond acceptors (Lipinski definition) is 1. The lowest BCUT2D eigenvalue weighted by Gasteiger charge is -2.22. The van der Waals surface area contributed by atoms with Crippen molar-refractivity contribution in [2.75, 3.05) is 11.9 Å². The van der Waals surface area contributed by atoms with Gasteiger partial charge in [-0.1, -0.05) is 115 Å². The Labute approximate surface area is 235 Å². The number of amidine groups is 1. The molecule has 0 radical (unpaired) electrons. The monoisotopic (exact) mass is 517 g/mol. The van der Waals surface area contributed by atoms with Gasteiger partial charge in [-0.2, -0.15) is 0 Å². The highest BCUT2D eigenvalue weighted by Gasteiger charge is 2.16. The van der Waals surface area contributed by atoms with Gasteiger partial charge < -0.3 is 9.47 Å². The summed E-state index contributed by atoms with van der Waals surface area (Å²) >= 11 is 0. The summed E-state index contributed by atoms with van der Waals surface area (Å²) in [4.78, 5) is 1.93. The Balaban J connectivity index is 1.36. The van der Waals surface area contributed by atoms with Gasteiger partial charge >= 0.3 is 0 Å². The van der Waals surface area contributed by atoms with Gasteiger partial charge in [0.2, 0.25) is 0 Å². The predicted octanol–water partition coefficient (Wildman–Crippen LogP) is 9.22. The third kappa shape index (κ3) is 4.85. The molecule has 5 aromatic carbocycles. The van der Waals surface area contributed by atoms with E-state index < -0.39 is 0 Å². The van der Waals surface area contributed by atoms with E-state index in [1.807, 2.05) is 48.4 Å². The highest BCUT2D eigenvalue weighted by molar-refractivity contribution is 6.11. The molecule has 1 aromatic heterocycles. The summed E-state index contributed by atoms with van der Waals surface area (Å²) in [6.45, 7) is 4.19. The summed E-state index contributed by atoms with van der Waals surface area (Å²) in [6.07, 6.45) is 4.54. The van der Waals surface area contributed by atoms with E-state index in [9.17, 15) is 0 Å². The maximum absolute atomic E-state index is 8.81. The van der Waals surface area contributed by atoms with Crippen LogP contribution < -0.4 is 4.90 Å². The van der Waals surface area contributed by atoms with Gasteiger partial charge in [0.1, 0.15) is 5.84 Å². The number of para-hydroxylation sites is 3. The van der Waals surface area contributed by atoms with Gasteiger partial charge in [0, 0.05) is 34.8 Å². The van der Waals surface area contributed by atoms with E-state index in [1.165, 1.54) is 21.9 Å². The van der Waals surface area contributed by atoms with Gasteiger partial charge in [0.05, 0.1) is 11.0 Å². The van der Waals surface area contributed by atoms with E-state index in [0.717, 1.165) is 40.0 Å². The molecular formula is C37H31N3. The van der Waals surface area contributed by atoms with Crippen molar-refractivity contribution in [3.8, 4) is 16.8 Å². The number of hydrogen-bond donors (Lipinski definition) is 1. The van der Waals surface area contributed by atoms with Crippen LogP contribution in [0.25, 0.3) is 38.6 Å². The highest BCUT2D eigenvalue weighted by atomic mass is 15.1. The molecule has 0 aliphatic rings. The Morgan fingerprint density at radius 2 is 1.38 bits per heavy atom. The second-order valence-corrected chi connectivity index (χ2v) is 10.0. The Hall–Kier alpha value is -5.15. The summed E-state index contributed by atoms with van der Waals surface area (Å²) < 4.78 is 2.34. The standard InChI is InChI=1S/C37H31N3/c1-27(25-28-13-5-3-6-14-28)21-24-37(38)39(2)34-19-11-9-17-31(34)29-22-23-33-32-18-10-12-20-35(32)40(36(33)26-29)30-15-7-4-8-16-30/h3-24,26,38H,1,25H2,2H3/b24-21-,38-37?. The maximum atomic E-state index is 8.81. The van der Waals surface area contributed by atoms with Crippen LogP contribution in [0.4, 0.5) is 5.69 Å². The molecule has 0 unspecified atom stereocenters. The van der Waals surface area contributed by atoms with Gasteiger partial charge in [-0.3, -0.25) is 5.41 Å². The number of nitrogens with zero attached hydrogens (tertiary/aromatic N) is 2. The van der Waals surface area contributed by atoms with Crippen molar-refractivity contribution < 1.29 is 0 Å². The second kappa shape index (κ2) is 10.9. The van der Waals surface area contributed by atoms with Crippen molar-refractivity contribution in [3.63, 3.8) is 0 Å². The third-order valence-electron chi connectivity index (χ3n) is 7.38. The molecule has 194 valence electrons. The Kier molecular flexibility index (Phi) is 6.86. The zero-order valence-corrected chi connectivity index (χ0v) is 22.6. The first-order valence-electron chi connectivity index (χ1n) is 13.5. The molecule has 1 N–H and O–H groups in total. The predicted molar refractivity (Wildman–Crippen MR) is 171 cm³/mol. The van der Waals surface area contributed by atoms with Crippen molar-refractivity contribution in [3.05, 3.63) is 157 Å². The van der Waals surface area contributed by atoms with Crippen molar-refractivity contribution in [2.24, 2.45) is 0 Å². The van der Waals surface area contributed by atoms with E-state index in [4.69, 9.17) is 5.41 Å². The van der Waals surface area contributed by atoms with Crippen molar-refractivity contribution in [2.45, 2.75) is 6.42 Å². The third-order valence-corrected chi connectivity index (χ3v) is 7.38. The molecule has 0 bridgehead atoms. The minimum Gasteiger partial charge on any atom is -0.329 e. The van der Waals surface area contributed by atoms with Gasteiger partial charge in [-0.05, 0) is 54.0 Å². The first-order valence-corrected chi connectivity index (χ1v) is 13.5. The molecule has 0 saturated heterocycles. The number of fused-ring (bicyclic) bond motifs is 3. The number of allylic oxidation sites excluding steroid dienone is 2. The lowest BCUT2D eigenvalue weighted by molar-refractivity contribution is 1.18. The van der Waals surface area contributed by atoms with Crippen molar-refractivity contribution in [1.82, 2.24) is 4.57 Å². The molecule has 0 aliphatic heterocycles. The molecule has 3 nitrogen and oxygen atoms in total. The fraction of sp³-hybridized carbons (Fsp3) is 0.0541. The Bertz CT molecular complexity index is 1860. The average molecular weight is 518 g/mol. The van der Waals surface area contributed by atoms with Gasteiger partial charge in [-0.25, -0.2) is 0 Å². The van der Waals surface area contributed by atoms with Crippen LogP contribution in [-0.2, 0) is 6.42 Å². The topological polar surface area (TPSA) is 32.0 Å². The summed E-state index contributed by atoms with van der Waals surface area (Å²) in [5, 5.41) is 11.3. The SMILES string of the molecule is C=C(/C=C\C(=N)N(C)c1ccccc1-c1ccc2c3ccccc3n(-c3ccccc3)c2c1)Cc1ccccc1. The van der Waals surface area contributed by atoms with Crippen LogP contribution in [-0.4, -0.2) is 17.5 Å². The summed E-state index contributed by atoms with van der Waals surface area (Å²) in [7, 11) is 1.95. The smallest absolute Gasteiger partial charge is 0.124 e. The van der Waals surface area contributed by atoms with E-state index in [-0.39, 0.29) is 0 Å². The number of anilines is 1. The summed E-state index contributed by atoms with van der Waals surface area (Å²) in [6, 6.07) is 44.4. The van der Waals surface area contributed by atoms with Crippen LogP contribution in [0.15, 0.2) is 152 Å². The van der Waals surface area contributed by atoms with Crippen LogP contribution in [0.5, 0.6) is 0 Å².